The largest absolute Gasteiger partial charge is 0.393 e. The molecular formula is C16H23NO2. The Labute approximate surface area is 114 Å². The van der Waals surface area contributed by atoms with Crippen LogP contribution >= 0.6 is 0 Å². The molecule has 2 fully saturated rings. The summed E-state index contributed by atoms with van der Waals surface area (Å²) >= 11 is 0. The van der Waals surface area contributed by atoms with E-state index in [9.17, 15) is 10.2 Å². The van der Waals surface area contributed by atoms with Crippen molar-refractivity contribution < 1.29 is 10.2 Å². The normalized spacial score (nSPS) is 31.5. The molecule has 1 saturated carbocycles. The zero-order valence-corrected chi connectivity index (χ0v) is 11.5. The summed E-state index contributed by atoms with van der Waals surface area (Å²) in [4.78, 5) is 2.35. The summed E-state index contributed by atoms with van der Waals surface area (Å²) in [7, 11) is 0. The molecule has 3 rings (SSSR count). The van der Waals surface area contributed by atoms with Crippen LogP contribution in [0.5, 0.6) is 0 Å². The third-order valence-electron chi connectivity index (χ3n) is 4.84. The molecule has 19 heavy (non-hydrogen) atoms. The molecule has 2 aliphatic rings. The van der Waals surface area contributed by atoms with Gasteiger partial charge in [-0.15, -0.1) is 0 Å². The Hall–Kier alpha value is -1.06. The van der Waals surface area contributed by atoms with Crippen molar-refractivity contribution in [3.63, 3.8) is 0 Å². The van der Waals surface area contributed by atoms with E-state index in [1.165, 1.54) is 0 Å². The van der Waals surface area contributed by atoms with Gasteiger partial charge in [0, 0.05) is 30.3 Å². The van der Waals surface area contributed by atoms with Gasteiger partial charge in [0.2, 0.25) is 0 Å². The summed E-state index contributed by atoms with van der Waals surface area (Å²) in [6.45, 7) is 3.96. The van der Waals surface area contributed by atoms with E-state index in [2.05, 4.69) is 11.0 Å². The number of fused-ring (bicyclic) bond motifs is 1. The second kappa shape index (κ2) is 5.14. The standard InChI is InChI=1S/C16H23NO2/c1-2-15(18)12-5-3-4-6-14(12)17-9-11-7-8-16(19)13(11)10-17/h3-6,11,13,15-16,18-19H,2,7-10H2,1H3. The van der Waals surface area contributed by atoms with Gasteiger partial charge in [-0.1, -0.05) is 25.1 Å². The van der Waals surface area contributed by atoms with Crippen LogP contribution in [0, 0.1) is 11.8 Å². The highest BCUT2D eigenvalue weighted by atomic mass is 16.3. The van der Waals surface area contributed by atoms with Crippen molar-refractivity contribution >= 4 is 5.69 Å². The van der Waals surface area contributed by atoms with Crippen LogP contribution in [0.4, 0.5) is 5.69 Å². The highest BCUT2D eigenvalue weighted by Gasteiger charge is 2.42. The molecule has 1 aromatic carbocycles. The summed E-state index contributed by atoms with van der Waals surface area (Å²) in [5, 5.41) is 20.2. The van der Waals surface area contributed by atoms with Crippen LogP contribution in [-0.2, 0) is 0 Å². The minimum absolute atomic E-state index is 0.127. The Bertz CT molecular complexity index is 448. The third-order valence-corrected chi connectivity index (χ3v) is 4.84. The molecule has 0 aromatic heterocycles. The molecule has 104 valence electrons. The summed E-state index contributed by atoms with van der Waals surface area (Å²) < 4.78 is 0. The van der Waals surface area contributed by atoms with Crippen LogP contribution in [-0.4, -0.2) is 29.4 Å². The van der Waals surface area contributed by atoms with E-state index in [0.29, 0.717) is 11.8 Å². The third kappa shape index (κ3) is 2.26. The van der Waals surface area contributed by atoms with E-state index in [-0.39, 0.29) is 12.2 Å². The Morgan fingerprint density at radius 3 is 2.79 bits per heavy atom. The zero-order chi connectivity index (χ0) is 13.4. The lowest BCUT2D eigenvalue weighted by atomic mass is 10.00. The monoisotopic (exact) mass is 261 g/mol. The number of aliphatic hydroxyl groups excluding tert-OH is 2. The van der Waals surface area contributed by atoms with Gasteiger partial charge in [-0.2, -0.15) is 0 Å². The molecule has 4 atom stereocenters. The molecule has 1 aromatic rings. The first-order chi connectivity index (χ1) is 9.20. The number of rotatable bonds is 3. The quantitative estimate of drug-likeness (QED) is 0.877. The van der Waals surface area contributed by atoms with Gasteiger partial charge in [0.1, 0.15) is 0 Å². The van der Waals surface area contributed by atoms with Crippen molar-refractivity contribution in [2.45, 2.75) is 38.4 Å². The lowest BCUT2D eigenvalue weighted by molar-refractivity contribution is 0.133. The molecule has 1 aliphatic carbocycles. The van der Waals surface area contributed by atoms with Gasteiger partial charge in [0.15, 0.2) is 0 Å². The molecule has 1 saturated heterocycles. The van der Waals surface area contributed by atoms with E-state index in [1.807, 2.05) is 25.1 Å². The fraction of sp³-hybridized carbons (Fsp3) is 0.625. The van der Waals surface area contributed by atoms with Gasteiger partial charge in [0.05, 0.1) is 12.2 Å². The molecule has 3 heteroatoms. The van der Waals surface area contributed by atoms with Gasteiger partial charge < -0.3 is 15.1 Å². The second-order valence-electron chi connectivity index (χ2n) is 5.96. The van der Waals surface area contributed by atoms with Gasteiger partial charge in [-0.3, -0.25) is 0 Å². The maximum absolute atomic E-state index is 10.1. The lowest BCUT2D eigenvalue weighted by Gasteiger charge is -2.25. The van der Waals surface area contributed by atoms with Crippen LogP contribution in [0.25, 0.3) is 0 Å². The predicted octanol–water partition coefficient (Wildman–Crippen LogP) is 2.34. The van der Waals surface area contributed by atoms with Crippen LogP contribution in [0.3, 0.4) is 0 Å². The second-order valence-corrected chi connectivity index (χ2v) is 5.96. The Kier molecular flexibility index (Phi) is 3.50. The first kappa shape index (κ1) is 12.9. The Morgan fingerprint density at radius 2 is 2.05 bits per heavy atom. The highest BCUT2D eigenvalue weighted by Crippen LogP contribution is 2.41. The van der Waals surface area contributed by atoms with E-state index in [4.69, 9.17) is 0 Å². The molecule has 2 N–H and O–H groups in total. The summed E-state index contributed by atoms with van der Waals surface area (Å²) in [6.07, 6.45) is 2.32. The first-order valence-electron chi connectivity index (χ1n) is 7.40. The summed E-state index contributed by atoms with van der Waals surface area (Å²) in [5.74, 6) is 1.05. The van der Waals surface area contributed by atoms with Crippen LogP contribution in [0.1, 0.15) is 37.9 Å². The zero-order valence-electron chi connectivity index (χ0n) is 11.5. The minimum atomic E-state index is -0.387. The number of hydrogen-bond acceptors (Lipinski definition) is 3. The van der Waals surface area contributed by atoms with Crippen molar-refractivity contribution in [3.05, 3.63) is 29.8 Å². The smallest absolute Gasteiger partial charge is 0.0807 e. The predicted molar refractivity (Wildman–Crippen MR) is 76.1 cm³/mol. The summed E-state index contributed by atoms with van der Waals surface area (Å²) in [5.41, 5.74) is 2.18. The van der Waals surface area contributed by atoms with Crippen molar-refractivity contribution in [3.8, 4) is 0 Å². The van der Waals surface area contributed by atoms with E-state index in [1.54, 1.807) is 0 Å². The van der Waals surface area contributed by atoms with E-state index < -0.39 is 0 Å². The van der Waals surface area contributed by atoms with Gasteiger partial charge in [-0.25, -0.2) is 0 Å². The van der Waals surface area contributed by atoms with Gasteiger partial charge >= 0.3 is 0 Å². The van der Waals surface area contributed by atoms with Crippen LogP contribution < -0.4 is 4.90 Å². The number of benzene rings is 1. The highest BCUT2D eigenvalue weighted by molar-refractivity contribution is 5.55. The van der Waals surface area contributed by atoms with Gasteiger partial charge in [-0.05, 0) is 31.2 Å². The van der Waals surface area contributed by atoms with Crippen molar-refractivity contribution in [1.29, 1.82) is 0 Å². The van der Waals surface area contributed by atoms with Crippen molar-refractivity contribution in [1.82, 2.24) is 0 Å². The summed E-state index contributed by atoms with van der Waals surface area (Å²) in [6, 6.07) is 8.14. The fourth-order valence-electron chi connectivity index (χ4n) is 3.71. The molecule has 0 spiro atoms. The van der Waals surface area contributed by atoms with E-state index >= 15 is 0 Å². The van der Waals surface area contributed by atoms with E-state index in [0.717, 1.165) is 43.6 Å². The number of nitrogens with zero attached hydrogens (tertiary/aromatic N) is 1. The molecule has 0 bridgehead atoms. The molecule has 4 unspecified atom stereocenters. The molecule has 0 amide bonds. The first-order valence-corrected chi connectivity index (χ1v) is 7.40. The Morgan fingerprint density at radius 1 is 1.26 bits per heavy atom. The van der Waals surface area contributed by atoms with Crippen molar-refractivity contribution in [2.75, 3.05) is 18.0 Å². The fourth-order valence-corrected chi connectivity index (χ4v) is 3.71. The average molecular weight is 261 g/mol. The number of anilines is 1. The lowest BCUT2D eigenvalue weighted by Crippen LogP contribution is -2.25. The van der Waals surface area contributed by atoms with Crippen molar-refractivity contribution in [2.24, 2.45) is 11.8 Å². The molecule has 1 aliphatic heterocycles. The SMILES string of the molecule is CCC(O)c1ccccc1N1CC2CCC(O)C2C1. The number of para-hydroxylation sites is 1. The molecule has 1 heterocycles. The van der Waals surface area contributed by atoms with Crippen LogP contribution in [0.15, 0.2) is 24.3 Å². The van der Waals surface area contributed by atoms with Gasteiger partial charge in [0.25, 0.3) is 0 Å². The molecule has 3 nitrogen and oxygen atoms in total. The topological polar surface area (TPSA) is 43.7 Å². The minimum Gasteiger partial charge on any atom is -0.393 e. The number of aliphatic hydroxyl groups is 2. The van der Waals surface area contributed by atoms with Crippen LogP contribution in [0.2, 0.25) is 0 Å². The maximum atomic E-state index is 10.1. The maximum Gasteiger partial charge on any atom is 0.0807 e. The molecule has 0 radical (unpaired) electrons. The Balaban J connectivity index is 1.84. The number of hydrogen-bond donors (Lipinski definition) is 2. The average Bonchev–Trinajstić information content (AvgIpc) is 3.00. The molecular weight excluding hydrogens is 238 g/mol.